The van der Waals surface area contributed by atoms with E-state index in [0.717, 1.165) is 15.1 Å². The fourth-order valence-corrected chi connectivity index (χ4v) is 3.23. The van der Waals surface area contributed by atoms with E-state index in [1.165, 1.54) is 10.9 Å². The zero-order valence-corrected chi connectivity index (χ0v) is 14.4. The van der Waals surface area contributed by atoms with Crippen molar-refractivity contribution in [2.45, 2.75) is 12.6 Å². The summed E-state index contributed by atoms with van der Waals surface area (Å²) in [4.78, 5) is 25.2. The third-order valence-electron chi connectivity index (χ3n) is 3.52. The van der Waals surface area contributed by atoms with E-state index >= 15 is 0 Å². The SMILES string of the molecule is Cn1cnn(CC(=O)N[C@@H](c2ccc(Cl)cc2)c2cccs2)c1=O. The molecule has 0 aliphatic rings. The first-order chi connectivity index (χ1) is 11.5. The van der Waals surface area contributed by atoms with Crippen LogP contribution in [0.4, 0.5) is 0 Å². The Morgan fingerprint density at radius 2 is 2.08 bits per heavy atom. The topological polar surface area (TPSA) is 68.9 Å². The number of nitrogens with zero attached hydrogens (tertiary/aromatic N) is 3. The first-order valence-electron chi connectivity index (χ1n) is 7.21. The minimum Gasteiger partial charge on any atom is -0.343 e. The van der Waals surface area contributed by atoms with Gasteiger partial charge in [0.1, 0.15) is 12.9 Å². The number of aryl methyl sites for hydroxylation is 1. The standard InChI is InChI=1S/C16H15ClN4O2S/c1-20-10-18-21(16(20)23)9-14(22)19-15(13-3-2-8-24-13)11-4-6-12(17)7-5-11/h2-8,10,15H,9H2,1H3,(H,19,22)/t15-/m0/s1. The monoisotopic (exact) mass is 362 g/mol. The van der Waals surface area contributed by atoms with Gasteiger partial charge in [-0.25, -0.2) is 9.48 Å². The smallest absolute Gasteiger partial charge is 0.343 e. The molecule has 2 heterocycles. The molecule has 0 saturated carbocycles. The number of thiophene rings is 1. The van der Waals surface area contributed by atoms with Crippen molar-refractivity contribution in [1.82, 2.24) is 19.7 Å². The van der Waals surface area contributed by atoms with E-state index in [9.17, 15) is 9.59 Å². The summed E-state index contributed by atoms with van der Waals surface area (Å²) in [6, 6.07) is 10.9. The number of halogens is 1. The molecule has 3 aromatic rings. The van der Waals surface area contributed by atoms with Crippen LogP contribution in [0.25, 0.3) is 0 Å². The summed E-state index contributed by atoms with van der Waals surface area (Å²) >= 11 is 7.49. The molecule has 1 aromatic carbocycles. The average Bonchev–Trinajstić information content (AvgIpc) is 3.20. The van der Waals surface area contributed by atoms with Gasteiger partial charge in [0.2, 0.25) is 5.91 Å². The molecule has 1 amide bonds. The van der Waals surface area contributed by atoms with E-state index in [1.54, 1.807) is 30.5 Å². The van der Waals surface area contributed by atoms with Gasteiger partial charge in [-0.05, 0) is 29.1 Å². The molecule has 0 unspecified atom stereocenters. The predicted molar refractivity (Wildman–Crippen MR) is 93.2 cm³/mol. The van der Waals surface area contributed by atoms with Crippen LogP contribution in [0, 0.1) is 0 Å². The minimum atomic E-state index is -0.329. The van der Waals surface area contributed by atoms with Crippen molar-refractivity contribution >= 4 is 28.8 Å². The average molecular weight is 363 g/mol. The van der Waals surface area contributed by atoms with Crippen LogP contribution >= 0.6 is 22.9 Å². The lowest BCUT2D eigenvalue weighted by atomic mass is 10.1. The van der Waals surface area contributed by atoms with Gasteiger partial charge in [0.05, 0.1) is 6.04 Å². The Morgan fingerprint density at radius 1 is 1.33 bits per heavy atom. The molecule has 124 valence electrons. The highest BCUT2D eigenvalue weighted by atomic mass is 35.5. The molecule has 0 aliphatic carbocycles. The number of hydrogen-bond donors (Lipinski definition) is 1. The lowest BCUT2D eigenvalue weighted by molar-refractivity contribution is -0.122. The van der Waals surface area contributed by atoms with Gasteiger partial charge < -0.3 is 5.32 Å². The van der Waals surface area contributed by atoms with Crippen LogP contribution in [0.1, 0.15) is 16.5 Å². The number of benzene rings is 1. The predicted octanol–water partition coefficient (Wildman–Crippen LogP) is 2.20. The summed E-state index contributed by atoms with van der Waals surface area (Å²) in [7, 11) is 1.59. The van der Waals surface area contributed by atoms with Crippen LogP contribution in [-0.2, 0) is 18.4 Å². The van der Waals surface area contributed by atoms with Gasteiger partial charge in [-0.2, -0.15) is 5.10 Å². The molecule has 24 heavy (non-hydrogen) atoms. The second kappa shape index (κ2) is 7.02. The summed E-state index contributed by atoms with van der Waals surface area (Å²) in [5.41, 5.74) is 0.591. The Balaban J connectivity index is 1.81. The van der Waals surface area contributed by atoms with Crippen LogP contribution in [0.2, 0.25) is 5.02 Å². The molecule has 3 rings (SSSR count). The molecular weight excluding hydrogens is 348 g/mol. The number of hydrogen-bond acceptors (Lipinski definition) is 4. The van der Waals surface area contributed by atoms with Crippen molar-refractivity contribution in [3.8, 4) is 0 Å². The summed E-state index contributed by atoms with van der Waals surface area (Å²) < 4.78 is 2.45. The lowest BCUT2D eigenvalue weighted by Crippen LogP contribution is -2.35. The fraction of sp³-hybridized carbons (Fsp3) is 0.188. The molecule has 0 bridgehead atoms. The number of aromatic nitrogens is 3. The van der Waals surface area contributed by atoms with Gasteiger partial charge in [-0.3, -0.25) is 9.36 Å². The maximum atomic E-state index is 12.4. The van der Waals surface area contributed by atoms with E-state index in [4.69, 9.17) is 11.6 Å². The number of carbonyl (C=O) groups excluding carboxylic acids is 1. The lowest BCUT2D eigenvalue weighted by Gasteiger charge is -2.18. The first kappa shape index (κ1) is 16.5. The zero-order valence-electron chi connectivity index (χ0n) is 12.8. The molecule has 1 atom stereocenters. The summed E-state index contributed by atoms with van der Waals surface area (Å²) in [5.74, 6) is -0.288. The number of rotatable bonds is 5. The Labute approximate surface area is 147 Å². The molecule has 0 spiro atoms. The highest BCUT2D eigenvalue weighted by molar-refractivity contribution is 7.10. The maximum Gasteiger partial charge on any atom is 0.345 e. The Kier molecular flexibility index (Phi) is 4.82. The van der Waals surface area contributed by atoms with Crippen LogP contribution in [0.3, 0.4) is 0 Å². The van der Waals surface area contributed by atoms with Crippen LogP contribution in [-0.4, -0.2) is 20.3 Å². The third-order valence-corrected chi connectivity index (χ3v) is 4.71. The molecular formula is C16H15ClN4O2S. The summed E-state index contributed by atoms with van der Waals surface area (Å²) in [6.45, 7) is -0.130. The number of carbonyl (C=O) groups is 1. The van der Waals surface area contributed by atoms with Gasteiger partial charge in [-0.15, -0.1) is 11.3 Å². The highest BCUT2D eigenvalue weighted by Crippen LogP contribution is 2.27. The van der Waals surface area contributed by atoms with Crippen molar-refractivity contribution in [3.05, 3.63) is 74.1 Å². The van der Waals surface area contributed by atoms with Gasteiger partial charge in [0.25, 0.3) is 0 Å². The van der Waals surface area contributed by atoms with Crippen molar-refractivity contribution < 1.29 is 4.79 Å². The van der Waals surface area contributed by atoms with E-state index in [-0.39, 0.29) is 24.2 Å². The molecule has 0 saturated heterocycles. The normalized spacial score (nSPS) is 12.1. The third kappa shape index (κ3) is 3.58. The van der Waals surface area contributed by atoms with E-state index in [0.29, 0.717) is 5.02 Å². The molecule has 6 nitrogen and oxygen atoms in total. The molecule has 0 aliphatic heterocycles. The van der Waals surface area contributed by atoms with E-state index in [2.05, 4.69) is 10.4 Å². The molecule has 2 aromatic heterocycles. The van der Waals surface area contributed by atoms with Gasteiger partial charge in [0, 0.05) is 16.9 Å². The van der Waals surface area contributed by atoms with Crippen LogP contribution in [0.15, 0.2) is 52.9 Å². The van der Waals surface area contributed by atoms with Crippen LogP contribution < -0.4 is 11.0 Å². The van der Waals surface area contributed by atoms with Crippen molar-refractivity contribution in [3.63, 3.8) is 0 Å². The molecule has 8 heteroatoms. The van der Waals surface area contributed by atoms with Crippen molar-refractivity contribution in [1.29, 1.82) is 0 Å². The van der Waals surface area contributed by atoms with Crippen molar-refractivity contribution in [2.75, 3.05) is 0 Å². The van der Waals surface area contributed by atoms with Gasteiger partial charge >= 0.3 is 5.69 Å². The molecule has 0 radical (unpaired) electrons. The second-order valence-corrected chi connectivity index (χ2v) is 6.67. The van der Waals surface area contributed by atoms with Crippen LogP contribution in [0.5, 0.6) is 0 Å². The molecule has 1 N–H and O–H groups in total. The van der Waals surface area contributed by atoms with E-state index in [1.807, 2.05) is 29.6 Å². The second-order valence-electron chi connectivity index (χ2n) is 5.25. The number of amides is 1. The minimum absolute atomic E-state index is 0.130. The van der Waals surface area contributed by atoms with Crippen molar-refractivity contribution in [2.24, 2.45) is 7.05 Å². The number of nitrogens with one attached hydrogen (secondary N) is 1. The first-order valence-corrected chi connectivity index (χ1v) is 8.47. The van der Waals surface area contributed by atoms with E-state index < -0.39 is 0 Å². The van der Waals surface area contributed by atoms with Gasteiger partial charge in [0.15, 0.2) is 0 Å². The Bertz CT molecular complexity index is 884. The summed E-state index contributed by atoms with van der Waals surface area (Å²) in [6.07, 6.45) is 1.38. The Morgan fingerprint density at radius 3 is 2.67 bits per heavy atom. The van der Waals surface area contributed by atoms with Gasteiger partial charge in [-0.1, -0.05) is 29.8 Å². The quantitative estimate of drug-likeness (QED) is 0.756. The fourth-order valence-electron chi connectivity index (χ4n) is 2.30. The molecule has 0 fully saturated rings. The summed E-state index contributed by atoms with van der Waals surface area (Å²) in [5, 5.41) is 9.45. The highest BCUT2D eigenvalue weighted by Gasteiger charge is 2.19. The zero-order chi connectivity index (χ0) is 17.1. The Hall–Kier alpha value is -2.38. The largest absolute Gasteiger partial charge is 0.345 e. The maximum absolute atomic E-state index is 12.4.